The Hall–Kier alpha value is -2.57. The highest BCUT2D eigenvalue weighted by Gasteiger charge is 2.52. The minimum Gasteiger partial charge on any atom is -0.510 e. The molecule has 0 bridgehead atoms. The maximum Gasteiger partial charge on any atom is 0.198 e. The molecule has 0 fully saturated rings. The number of hydrogen-bond donors (Lipinski definition) is 4. The number of likely N-dealkylation sites (N-methyl/N-ethyl adjacent to an activating group) is 1. The zero-order chi connectivity index (χ0) is 22.2. The van der Waals surface area contributed by atoms with Crippen molar-refractivity contribution in [2.24, 2.45) is 11.1 Å². The first-order valence-electron chi connectivity index (χ1n) is 10.7. The van der Waals surface area contributed by atoms with Crippen LogP contribution in [0.4, 0.5) is 0 Å². The van der Waals surface area contributed by atoms with Crippen LogP contribution in [0.3, 0.4) is 0 Å². The van der Waals surface area contributed by atoms with Gasteiger partial charge in [-0.25, -0.2) is 0 Å². The topological polar surface area (TPSA) is 107 Å². The lowest BCUT2D eigenvalue weighted by Crippen LogP contribution is -2.50. The summed E-state index contributed by atoms with van der Waals surface area (Å²) in [6.45, 7) is 9.55. The zero-order valence-electron chi connectivity index (χ0n) is 18.1. The summed E-state index contributed by atoms with van der Waals surface area (Å²) in [4.78, 5) is 15.3. The highest BCUT2D eigenvalue weighted by Crippen LogP contribution is 2.50. The summed E-state index contributed by atoms with van der Waals surface area (Å²) in [5, 5.41) is 32.0. The van der Waals surface area contributed by atoms with Gasteiger partial charge in [-0.3, -0.25) is 9.69 Å². The van der Waals surface area contributed by atoms with Crippen LogP contribution in [-0.2, 0) is 4.79 Å². The number of aliphatic hydroxyl groups is 3. The number of carbonyl (C=O) groups is 1. The van der Waals surface area contributed by atoms with Gasteiger partial charge in [0.15, 0.2) is 5.78 Å². The van der Waals surface area contributed by atoms with E-state index in [9.17, 15) is 20.1 Å². The van der Waals surface area contributed by atoms with E-state index in [0.717, 1.165) is 18.7 Å². The normalized spacial score (nSPS) is 31.5. The molecule has 0 amide bonds. The van der Waals surface area contributed by atoms with Crippen LogP contribution in [-0.4, -0.2) is 51.2 Å². The fourth-order valence-corrected chi connectivity index (χ4v) is 4.69. The fourth-order valence-electron chi connectivity index (χ4n) is 4.69. The van der Waals surface area contributed by atoms with Crippen LogP contribution in [0.1, 0.15) is 40.5 Å². The molecule has 0 aromatic heterocycles. The van der Waals surface area contributed by atoms with Gasteiger partial charge in [0.1, 0.15) is 17.3 Å². The SMILES string of the molecule is CCC1=C(O)C(N)C(CC)(C2=C(O)C(=C3C=CC(N(CC)CC)C=C3O)C2=O)C=C1. The van der Waals surface area contributed by atoms with Crippen LogP contribution < -0.4 is 5.73 Å². The largest absolute Gasteiger partial charge is 0.510 e. The summed E-state index contributed by atoms with van der Waals surface area (Å²) in [5.41, 5.74) is 6.72. The molecule has 30 heavy (non-hydrogen) atoms. The van der Waals surface area contributed by atoms with E-state index in [1.807, 2.05) is 39.8 Å². The number of nitrogens with two attached hydrogens (primary N) is 1. The van der Waals surface area contributed by atoms with E-state index < -0.39 is 11.5 Å². The van der Waals surface area contributed by atoms with Crippen molar-refractivity contribution < 1.29 is 20.1 Å². The predicted molar refractivity (Wildman–Crippen MR) is 118 cm³/mol. The van der Waals surface area contributed by atoms with Gasteiger partial charge in [0.25, 0.3) is 0 Å². The van der Waals surface area contributed by atoms with Crippen LogP contribution >= 0.6 is 0 Å². The Balaban J connectivity index is 2.02. The van der Waals surface area contributed by atoms with Gasteiger partial charge >= 0.3 is 0 Å². The third kappa shape index (κ3) is 3.15. The maximum absolute atomic E-state index is 13.2. The van der Waals surface area contributed by atoms with Crippen LogP contribution in [0, 0.1) is 5.41 Å². The standard InChI is InChI=1S/C24H32N2O4/c1-5-14-11-12-24(6-2,23(25)20(14)28)19-21(29)18(22(19)30)16-10-9-15(13-17(16)27)26(7-3)8-4/h9-13,15,23,27-29H,5-8,25H2,1-4H3. The number of ketones is 1. The summed E-state index contributed by atoms with van der Waals surface area (Å²) in [6, 6.07) is -0.871. The van der Waals surface area contributed by atoms with Gasteiger partial charge in [0.2, 0.25) is 0 Å². The first-order valence-corrected chi connectivity index (χ1v) is 10.7. The van der Waals surface area contributed by atoms with Crippen molar-refractivity contribution in [3.63, 3.8) is 0 Å². The lowest BCUT2D eigenvalue weighted by Gasteiger charge is -2.43. The van der Waals surface area contributed by atoms with Crippen molar-refractivity contribution in [1.29, 1.82) is 0 Å². The summed E-state index contributed by atoms with van der Waals surface area (Å²) in [5.74, 6) is -0.467. The Morgan fingerprint density at radius 1 is 1.10 bits per heavy atom. The number of hydrogen-bond acceptors (Lipinski definition) is 6. The lowest BCUT2D eigenvalue weighted by atomic mass is 9.61. The second kappa shape index (κ2) is 8.28. The first kappa shape index (κ1) is 22.1. The Morgan fingerprint density at radius 3 is 2.27 bits per heavy atom. The molecule has 3 unspecified atom stereocenters. The van der Waals surface area contributed by atoms with Crippen LogP contribution in [0.5, 0.6) is 0 Å². The fraction of sp³-hybridized carbons (Fsp3) is 0.458. The van der Waals surface area contributed by atoms with E-state index in [1.165, 1.54) is 0 Å². The van der Waals surface area contributed by atoms with Gasteiger partial charge in [-0.05, 0) is 37.6 Å². The molecule has 0 aromatic carbocycles. The van der Waals surface area contributed by atoms with E-state index in [2.05, 4.69) is 4.90 Å². The molecule has 5 N–H and O–H groups in total. The first-order chi connectivity index (χ1) is 14.3. The van der Waals surface area contributed by atoms with Gasteiger partial charge < -0.3 is 21.1 Å². The van der Waals surface area contributed by atoms with Gasteiger partial charge in [-0.15, -0.1) is 0 Å². The average molecular weight is 413 g/mol. The number of carbonyl (C=O) groups excluding carboxylic acids is 1. The van der Waals surface area contributed by atoms with Gasteiger partial charge in [0.05, 0.1) is 23.2 Å². The molecule has 3 atom stereocenters. The Labute approximate surface area is 178 Å². The Kier molecular flexibility index (Phi) is 6.11. The van der Waals surface area contributed by atoms with Gasteiger partial charge in [-0.2, -0.15) is 0 Å². The molecule has 6 nitrogen and oxygen atoms in total. The second-order valence-electron chi connectivity index (χ2n) is 7.93. The summed E-state index contributed by atoms with van der Waals surface area (Å²) in [6.07, 6.45) is 9.98. The van der Waals surface area contributed by atoms with Crippen molar-refractivity contribution >= 4 is 5.78 Å². The smallest absolute Gasteiger partial charge is 0.198 e. The highest BCUT2D eigenvalue weighted by molar-refractivity contribution is 6.21. The minimum atomic E-state index is -0.977. The van der Waals surface area contributed by atoms with E-state index in [4.69, 9.17) is 5.73 Å². The minimum absolute atomic E-state index is 0.0200. The van der Waals surface area contributed by atoms with Crippen molar-refractivity contribution in [2.75, 3.05) is 13.1 Å². The molecule has 0 spiro atoms. The monoisotopic (exact) mass is 412 g/mol. The van der Waals surface area contributed by atoms with Gasteiger partial charge in [-0.1, -0.05) is 52.0 Å². The summed E-state index contributed by atoms with van der Waals surface area (Å²) < 4.78 is 0. The Morgan fingerprint density at radius 2 is 1.77 bits per heavy atom. The van der Waals surface area contributed by atoms with E-state index >= 15 is 0 Å². The Bertz CT molecular complexity index is 931. The molecule has 0 heterocycles. The highest BCUT2D eigenvalue weighted by atomic mass is 16.3. The molecule has 3 aliphatic rings. The van der Waals surface area contributed by atoms with E-state index in [-0.39, 0.29) is 40.2 Å². The molecule has 0 saturated carbocycles. The third-order valence-corrected chi connectivity index (χ3v) is 6.69. The van der Waals surface area contributed by atoms with Crippen LogP contribution in [0.2, 0.25) is 0 Å². The third-order valence-electron chi connectivity index (χ3n) is 6.69. The predicted octanol–water partition coefficient (Wildman–Crippen LogP) is 3.92. The number of aliphatic hydroxyl groups excluding tert-OH is 3. The molecule has 0 aromatic rings. The molecule has 6 heteroatoms. The maximum atomic E-state index is 13.2. The number of allylic oxidation sites excluding steroid dienone is 4. The second-order valence-corrected chi connectivity index (χ2v) is 7.93. The van der Waals surface area contributed by atoms with E-state index in [0.29, 0.717) is 18.4 Å². The van der Waals surface area contributed by atoms with Crippen molar-refractivity contribution in [2.45, 2.75) is 52.6 Å². The molecular formula is C24H32N2O4. The van der Waals surface area contributed by atoms with Crippen LogP contribution in [0.15, 0.2) is 70.0 Å². The van der Waals surface area contributed by atoms with Crippen molar-refractivity contribution in [3.8, 4) is 0 Å². The molecule has 0 saturated heterocycles. The number of Topliss-reactive ketones (excluding diaryl/α,β-unsaturated/α-hetero) is 1. The van der Waals surface area contributed by atoms with Crippen LogP contribution in [0.25, 0.3) is 0 Å². The molecule has 3 aliphatic carbocycles. The number of rotatable bonds is 6. The molecular weight excluding hydrogens is 380 g/mol. The summed E-state index contributed by atoms with van der Waals surface area (Å²) >= 11 is 0. The summed E-state index contributed by atoms with van der Waals surface area (Å²) in [7, 11) is 0. The quantitative estimate of drug-likeness (QED) is 0.493. The van der Waals surface area contributed by atoms with E-state index in [1.54, 1.807) is 18.2 Å². The van der Waals surface area contributed by atoms with Crippen molar-refractivity contribution in [3.05, 3.63) is 70.0 Å². The molecule has 162 valence electrons. The average Bonchev–Trinajstić information content (AvgIpc) is 2.74. The molecule has 0 aliphatic heterocycles. The van der Waals surface area contributed by atoms with Gasteiger partial charge in [0, 0.05) is 11.0 Å². The lowest BCUT2D eigenvalue weighted by molar-refractivity contribution is -0.115. The zero-order valence-corrected chi connectivity index (χ0v) is 18.1. The van der Waals surface area contributed by atoms with Crippen molar-refractivity contribution in [1.82, 2.24) is 4.90 Å². The molecule has 0 radical (unpaired) electrons. The number of nitrogens with zero attached hydrogens (tertiary/aromatic N) is 1. The molecule has 3 rings (SSSR count).